The molecule has 0 spiro atoms. The van der Waals surface area contributed by atoms with E-state index in [2.05, 4.69) is 15.3 Å². The van der Waals surface area contributed by atoms with Crippen molar-refractivity contribution in [2.24, 2.45) is 7.05 Å². The Hall–Kier alpha value is -2.06. The number of amides is 1. The van der Waals surface area contributed by atoms with Crippen LogP contribution in [-0.2, 0) is 11.8 Å². The number of carbonyl (C=O) groups is 1. The van der Waals surface area contributed by atoms with Crippen molar-refractivity contribution in [2.45, 2.75) is 5.16 Å². The van der Waals surface area contributed by atoms with Gasteiger partial charge in [-0.25, -0.2) is 9.97 Å². The van der Waals surface area contributed by atoms with E-state index in [9.17, 15) is 4.79 Å². The van der Waals surface area contributed by atoms with Crippen molar-refractivity contribution in [1.82, 2.24) is 14.5 Å². The summed E-state index contributed by atoms with van der Waals surface area (Å²) in [4.78, 5) is 20.6. The average molecular weight is 334 g/mol. The van der Waals surface area contributed by atoms with Gasteiger partial charge in [-0.05, 0) is 18.2 Å². The number of thiazole rings is 1. The highest BCUT2D eigenvalue weighted by molar-refractivity contribution is 7.99. The van der Waals surface area contributed by atoms with Gasteiger partial charge in [0.2, 0.25) is 5.91 Å². The molecule has 2 heterocycles. The molecule has 0 fully saturated rings. The zero-order valence-corrected chi connectivity index (χ0v) is 13.7. The number of aromatic nitrogens is 3. The quantitative estimate of drug-likeness (QED) is 0.727. The van der Waals surface area contributed by atoms with Crippen molar-refractivity contribution in [3.05, 3.63) is 30.6 Å². The number of fused-ring (bicyclic) bond motifs is 1. The van der Waals surface area contributed by atoms with E-state index in [0.29, 0.717) is 10.9 Å². The van der Waals surface area contributed by atoms with Gasteiger partial charge in [-0.3, -0.25) is 4.79 Å². The maximum absolute atomic E-state index is 12.0. The van der Waals surface area contributed by atoms with E-state index in [1.54, 1.807) is 13.3 Å². The number of nitrogens with one attached hydrogen (secondary N) is 1. The molecule has 0 aliphatic rings. The minimum absolute atomic E-state index is 0.0981. The first kappa shape index (κ1) is 14.9. The molecule has 114 valence electrons. The van der Waals surface area contributed by atoms with Crippen LogP contribution in [0.15, 0.2) is 35.7 Å². The lowest BCUT2D eigenvalue weighted by Crippen LogP contribution is -2.14. The predicted octanol–water partition coefficient (Wildman–Crippen LogP) is 2.77. The summed E-state index contributed by atoms with van der Waals surface area (Å²) in [6.07, 6.45) is 3.56. The molecule has 1 aromatic carbocycles. The Morgan fingerprint density at radius 2 is 2.36 bits per heavy atom. The van der Waals surface area contributed by atoms with E-state index in [0.717, 1.165) is 21.1 Å². The summed E-state index contributed by atoms with van der Waals surface area (Å²) in [5, 5.41) is 4.22. The van der Waals surface area contributed by atoms with Crippen LogP contribution in [0, 0.1) is 0 Å². The van der Waals surface area contributed by atoms with Gasteiger partial charge in [0.05, 0.1) is 23.1 Å². The van der Waals surface area contributed by atoms with Gasteiger partial charge >= 0.3 is 0 Å². The largest absolute Gasteiger partial charge is 0.497 e. The second-order valence-corrected chi connectivity index (χ2v) is 6.48. The fourth-order valence-corrected chi connectivity index (χ4v) is 3.50. The van der Waals surface area contributed by atoms with Gasteiger partial charge in [-0.15, -0.1) is 0 Å². The molecular weight excluding hydrogens is 320 g/mol. The van der Waals surface area contributed by atoms with Crippen LogP contribution >= 0.6 is 23.1 Å². The Morgan fingerprint density at radius 1 is 1.50 bits per heavy atom. The zero-order chi connectivity index (χ0) is 15.5. The fraction of sp³-hybridized carbons (Fsp3) is 0.214. The van der Waals surface area contributed by atoms with E-state index in [4.69, 9.17) is 4.74 Å². The normalized spacial score (nSPS) is 10.8. The lowest BCUT2D eigenvalue weighted by Gasteiger charge is -2.01. The number of benzene rings is 1. The smallest absolute Gasteiger partial charge is 0.236 e. The Labute approximate surface area is 135 Å². The number of methoxy groups -OCH3 is 1. The highest BCUT2D eigenvalue weighted by Crippen LogP contribution is 2.29. The van der Waals surface area contributed by atoms with Crippen LogP contribution in [0.25, 0.3) is 10.2 Å². The summed E-state index contributed by atoms with van der Waals surface area (Å²) >= 11 is 2.82. The fourth-order valence-electron chi connectivity index (χ4n) is 1.86. The van der Waals surface area contributed by atoms with Gasteiger partial charge in [0.1, 0.15) is 5.75 Å². The number of hydrogen-bond donors (Lipinski definition) is 1. The second-order valence-electron chi connectivity index (χ2n) is 4.51. The highest BCUT2D eigenvalue weighted by atomic mass is 32.2. The van der Waals surface area contributed by atoms with Gasteiger partial charge < -0.3 is 14.6 Å². The summed E-state index contributed by atoms with van der Waals surface area (Å²) in [6.45, 7) is 0. The first-order valence-corrected chi connectivity index (χ1v) is 8.30. The zero-order valence-electron chi connectivity index (χ0n) is 12.1. The topological polar surface area (TPSA) is 69.0 Å². The number of nitrogens with zero attached hydrogens (tertiary/aromatic N) is 3. The molecule has 0 unspecified atom stereocenters. The molecule has 3 aromatic rings. The minimum Gasteiger partial charge on any atom is -0.497 e. The molecule has 0 bridgehead atoms. The molecule has 1 N–H and O–H groups in total. The van der Waals surface area contributed by atoms with E-state index in [1.807, 2.05) is 36.0 Å². The minimum atomic E-state index is -0.0981. The van der Waals surface area contributed by atoms with Crippen LogP contribution in [0.3, 0.4) is 0 Å². The molecule has 8 heteroatoms. The molecule has 1 amide bonds. The molecule has 0 radical (unpaired) electrons. The van der Waals surface area contributed by atoms with E-state index in [-0.39, 0.29) is 5.91 Å². The molecule has 0 saturated carbocycles. The van der Waals surface area contributed by atoms with E-state index < -0.39 is 0 Å². The number of aryl methyl sites for hydroxylation is 1. The summed E-state index contributed by atoms with van der Waals surface area (Å²) in [5.74, 6) is 0.975. The lowest BCUT2D eigenvalue weighted by molar-refractivity contribution is -0.113. The number of imidazole rings is 1. The van der Waals surface area contributed by atoms with Crippen LogP contribution in [-0.4, -0.2) is 33.3 Å². The Bertz CT molecular complexity index is 812. The van der Waals surface area contributed by atoms with Crippen molar-refractivity contribution < 1.29 is 9.53 Å². The predicted molar refractivity (Wildman–Crippen MR) is 88.7 cm³/mol. The van der Waals surface area contributed by atoms with Crippen molar-refractivity contribution in [3.8, 4) is 5.75 Å². The average Bonchev–Trinajstić information content (AvgIpc) is 3.09. The van der Waals surface area contributed by atoms with Gasteiger partial charge in [0.15, 0.2) is 10.3 Å². The van der Waals surface area contributed by atoms with Crippen molar-refractivity contribution >= 4 is 44.4 Å². The highest BCUT2D eigenvalue weighted by Gasteiger charge is 2.10. The van der Waals surface area contributed by atoms with Crippen LogP contribution in [0.4, 0.5) is 5.13 Å². The van der Waals surface area contributed by atoms with Gasteiger partial charge in [-0.1, -0.05) is 23.1 Å². The number of thioether (sulfide) groups is 1. The first-order chi connectivity index (χ1) is 10.7. The van der Waals surface area contributed by atoms with Gasteiger partial charge in [-0.2, -0.15) is 0 Å². The summed E-state index contributed by atoms with van der Waals surface area (Å²) < 4.78 is 8.04. The monoisotopic (exact) mass is 334 g/mol. The van der Waals surface area contributed by atoms with Crippen LogP contribution < -0.4 is 10.1 Å². The number of anilines is 1. The third kappa shape index (κ3) is 3.23. The molecule has 3 rings (SSSR count). The molecule has 0 aliphatic heterocycles. The number of hydrogen-bond acceptors (Lipinski definition) is 6. The standard InChI is InChI=1S/C14H14N4O2S2/c1-18-6-5-15-14(18)21-8-12(19)17-13-16-10-4-3-9(20-2)7-11(10)22-13/h3-7H,8H2,1-2H3,(H,16,17,19). The van der Waals surface area contributed by atoms with Gasteiger partial charge in [0, 0.05) is 19.4 Å². The van der Waals surface area contributed by atoms with E-state index >= 15 is 0 Å². The maximum atomic E-state index is 12.0. The van der Waals surface area contributed by atoms with E-state index in [1.165, 1.54) is 23.1 Å². The lowest BCUT2D eigenvalue weighted by atomic mass is 10.3. The van der Waals surface area contributed by atoms with Crippen molar-refractivity contribution in [2.75, 3.05) is 18.2 Å². The SMILES string of the molecule is COc1ccc2nc(NC(=O)CSc3nccn3C)sc2c1. The molecular formula is C14H14N4O2S2. The Kier molecular flexibility index (Phi) is 4.30. The molecule has 0 saturated heterocycles. The number of rotatable bonds is 5. The molecule has 0 aliphatic carbocycles. The summed E-state index contributed by atoms with van der Waals surface area (Å²) in [5.41, 5.74) is 0.845. The van der Waals surface area contributed by atoms with Crippen LogP contribution in [0.2, 0.25) is 0 Å². The molecule has 0 atom stereocenters. The Balaban J connectivity index is 1.65. The van der Waals surface area contributed by atoms with Gasteiger partial charge in [0.25, 0.3) is 0 Å². The summed E-state index contributed by atoms with van der Waals surface area (Å²) in [6, 6.07) is 5.64. The van der Waals surface area contributed by atoms with Crippen LogP contribution in [0.1, 0.15) is 0 Å². The molecule has 22 heavy (non-hydrogen) atoms. The third-order valence-electron chi connectivity index (χ3n) is 2.95. The number of carbonyl (C=O) groups excluding carboxylic acids is 1. The second kappa shape index (κ2) is 6.37. The Morgan fingerprint density at radius 3 is 3.09 bits per heavy atom. The first-order valence-electron chi connectivity index (χ1n) is 6.50. The summed E-state index contributed by atoms with van der Waals surface area (Å²) in [7, 11) is 3.52. The third-order valence-corrected chi connectivity index (χ3v) is 4.94. The van der Waals surface area contributed by atoms with Crippen molar-refractivity contribution in [3.63, 3.8) is 0 Å². The number of ether oxygens (including phenoxy) is 1. The molecule has 2 aromatic heterocycles. The maximum Gasteiger partial charge on any atom is 0.236 e. The van der Waals surface area contributed by atoms with Crippen molar-refractivity contribution in [1.29, 1.82) is 0 Å². The molecule has 6 nitrogen and oxygen atoms in total. The van der Waals surface area contributed by atoms with Crippen LogP contribution in [0.5, 0.6) is 5.75 Å².